The standard InChI is InChI=1S/C57H72N20O28P4S4/c1-19-9-74(53(83)65-39(19)58)47-33-36(78)55(99-47,21(3)94-33)13-91-108(87,112)104-38-35-49(77-18-64-32-42(77)68-52(61)71-46(32)82)101-57(38,23(5)96-35)15-93-109(88,113)105-37-34-48(76-17-63-31-41(76)67-51(60)70-45(31)81)100-56(37,22(4)95-34)14-92-107(86,111)103-25-7-28(73-10-20(2)43(79)72-54(73)84)98-27(25)12-90-106(85,110)102-24-8-29(97-26(24)11-89-6)75-16-62-30-40(75)66-50(59)69-44(30)80/h9-10,16-18,21-29,33-38,47-49,78H,7-8,11-15H2,1-6H3,(H,85,110)(H,86,111)(H,87,112)(H,88,113)(H2,58,65,83)(H,72,79,84)(H3,59,66,69,80)(H3,60,67,70,81)(H3,61,68,71,82)/t21-,22-,23-,24+,25+,26+,27+,28+,29+,33?,34?,35?,36+,37+,38+,47+,48+,49+,55-,56-,57-,106?,107?,108?,109?/m0/s1. The topological polar surface area (TPSA) is 639 Å². The van der Waals surface area contributed by atoms with Crippen molar-refractivity contribution >= 4 is 132 Å². The van der Waals surface area contributed by atoms with Crippen molar-refractivity contribution in [3.63, 3.8) is 0 Å². The number of aromatic nitrogens is 16. The van der Waals surface area contributed by atoms with Gasteiger partial charge >= 0.3 is 38.3 Å². The summed E-state index contributed by atoms with van der Waals surface area (Å²) >= 11 is 21.6. The average Bonchev–Trinajstić information content (AvgIpc) is 1.55. The number of H-pyrrole nitrogens is 4. The number of aliphatic hydroxyl groups excluding tert-OH is 1. The molecule has 0 spiro atoms. The van der Waals surface area contributed by atoms with Crippen molar-refractivity contribution < 1.29 is 103 Å². The second kappa shape index (κ2) is 29.2. The number of nitrogens with zero attached hydrogens (tertiary/aromatic N) is 12. The number of imidazole rings is 3. The molecule has 0 aliphatic carbocycles. The van der Waals surface area contributed by atoms with E-state index in [4.69, 9.17) is 137 Å². The van der Waals surface area contributed by atoms with Gasteiger partial charge in [0.2, 0.25) is 17.8 Å². The van der Waals surface area contributed by atoms with Crippen LogP contribution in [0.25, 0.3) is 33.5 Å². The van der Waals surface area contributed by atoms with Gasteiger partial charge in [-0.3, -0.25) is 80.0 Å². The molecule has 8 aromatic rings. The minimum absolute atomic E-state index is 0.0261. The van der Waals surface area contributed by atoms with E-state index in [0.29, 0.717) is 5.56 Å². The molecule has 56 heteroatoms. The maximum Gasteiger partial charge on any atom is 0.386 e. The number of nitrogen functional groups attached to an aromatic ring is 4. The Morgan fingerprint density at radius 3 is 1.50 bits per heavy atom. The van der Waals surface area contributed by atoms with Crippen molar-refractivity contribution in [2.75, 3.05) is 63.1 Å². The zero-order valence-electron chi connectivity index (χ0n) is 59.5. The van der Waals surface area contributed by atoms with Gasteiger partial charge in [-0.2, -0.15) is 19.9 Å². The lowest BCUT2D eigenvalue weighted by Gasteiger charge is -2.38. The third kappa shape index (κ3) is 14.3. The van der Waals surface area contributed by atoms with Gasteiger partial charge in [-0.05, 0) is 70.0 Å². The first kappa shape index (κ1) is 80.3. The fourth-order valence-electron chi connectivity index (χ4n) is 15.3. The zero-order valence-corrected chi connectivity index (χ0v) is 66.4. The van der Waals surface area contributed by atoms with E-state index in [2.05, 4.69) is 67.1 Å². The van der Waals surface area contributed by atoms with Crippen LogP contribution >= 0.6 is 39.2 Å². The highest BCUT2D eigenvalue weighted by atomic mass is 32.7. The van der Waals surface area contributed by atoms with Crippen molar-refractivity contribution in [2.45, 2.75) is 175 Å². The fourth-order valence-corrected chi connectivity index (χ4v) is 21.2. The lowest BCUT2D eigenvalue weighted by Crippen LogP contribution is -2.51. The SMILES string of the molecule is COC[C@H]1O[C@@H](n2cnc3c(=O)[nH]c(N)nc32)C[C@H]1OP(O)(=S)OC[C@H]1O[C@@H](n2cc(C)c(=O)[nH]c2=O)C[C@H]1OP(=O)(S)OC[C@]12O[C@@H](n3cnc4c(=O)[nH]c(N)nc43)C(O[C@H]1C)[C@H]2OP(O)(=S)OC[C@]12O[C@@H](n3cnc4c(=O)[nH]c(N)nc43)C(O[C@H]1C)[C@H]2OP(O)(=S)OC[C@]12O[C@@H](n3cc(C)c(N)nc3=O)C(O[C@H]1C)[C@H]2O. The van der Waals surface area contributed by atoms with Gasteiger partial charge in [-0.15, -0.1) is 0 Å². The summed E-state index contributed by atoms with van der Waals surface area (Å²) in [4.78, 5) is 154. The predicted molar refractivity (Wildman–Crippen MR) is 397 cm³/mol. The first-order valence-electron chi connectivity index (χ1n) is 34.3. The number of ether oxygens (including phenoxy) is 9. The highest BCUT2D eigenvalue weighted by Crippen LogP contribution is 2.64. The minimum atomic E-state index is -4.90. The largest absolute Gasteiger partial charge is 0.387 e. The first-order chi connectivity index (χ1) is 53.3. The van der Waals surface area contributed by atoms with Crippen molar-refractivity contribution in [3.8, 4) is 0 Å². The summed E-state index contributed by atoms with van der Waals surface area (Å²) in [5.74, 6) is -0.863. The maximum absolute atomic E-state index is 15.2. The van der Waals surface area contributed by atoms with Gasteiger partial charge in [0, 0.05) is 43.5 Å². The number of aromatic amines is 4. The summed E-state index contributed by atoms with van der Waals surface area (Å²) in [6.07, 6.45) is -17.2. The number of aliphatic hydroxyl groups is 1. The van der Waals surface area contributed by atoms with Gasteiger partial charge in [-0.1, -0.05) is 12.2 Å². The van der Waals surface area contributed by atoms with E-state index in [-0.39, 0.29) is 82.2 Å². The van der Waals surface area contributed by atoms with E-state index in [1.165, 1.54) is 73.0 Å². The highest BCUT2D eigenvalue weighted by Gasteiger charge is 2.72. The fraction of sp³-hybridized carbons (Fsp3) is 0.596. The van der Waals surface area contributed by atoms with Crippen molar-refractivity contribution in [2.24, 2.45) is 0 Å². The number of hydrogen-bond donors (Lipinski definition) is 13. The molecule has 0 saturated carbocycles. The summed E-state index contributed by atoms with van der Waals surface area (Å²) in [7, 11) is 1.40. The lowest BCUT2D eigenvalue weighted by molar-refractivity contribution is -0.218. The molecule has 612 valence electrons. The smallest absolute Gasteiger partial charge is 0.386 e. The Labute approximate surface area is 652 Å². The lowest BCUT2D eigenvalue weighted by atomic mass is 9.94. The Kier molecular flexibility index (Phi) is 20.8. The molecule has 16 heterocycles. The summed E-state index contributed by atoms with van der Waals surface area (Å²) in [6, 6.07) is 0. The van der Waals surface area contributed by atoms with Crippen LogP contribution in [0.5, 0.6) is 0 Å². The van der Waals surface area contributed by atoms with E-state index in [1.807, 2.05) is 0 Å². The van der Waals surface area contributed by atoms with E-state index >= 15 is 4.57 Å². The van der Waals surface area contributed by atoms with Gasteiger partial charge < -0.3 is 103 Å². The molecule has 8 fully saturated rings. The van der Waals surface area contributed by atoms with Gasteiger partial charge in [0.15, 0.2) is 52.2 Å². The second-order valence-corrected chi connectivity index (χ2v) is 39.1. The molecule has 0 aromatic carbocycles. The number of methoxy groups -OCH3 is 1. The molecule has 7 unspecified atom stereocenters. The molecular formula is C57H72N20O28P4S4. The number of anilines is 4. The van der Waals surface area contributed by atoms with E-state index in [0.717, 1.165) is 9.13 Å². The van der Waals surface area contributed by atoms with Crippen LogP contribution in [-0.4, -0.2) is 234 Å². The van der Waals surface area contributed by atoms with Crippen LogP contribution in [-0.2, 0) is 119 Å². The van der Waals surface area contributed by atoms with Gasteiger partial charge in [-0.25, -0.2) is 29.1 Å². The molecule has 8 aliphatic heterocycles. The highest BCUT2D eigenvalue weighted by molar-refractivity contribution is 8.44. The molecular weight excluding hydrogens is 1660 g/mol. The number of nitrogens with two attached hydrogens (primary N) is 4. The number of rotatable bonds is 27. The number of thiol groups is 1. The molecule has 48 nitrogen and oxygen atoms in total. The van der Waals surface area contributed by atoms with Gasteiger partial charge in [0.05, 0.1) is 76.4 Å². The second-order valence-electron chi connectivity index (χ2n) is 27.9. The average molecular weight is 1740 g/mol. The molecule has 25 atom stereocenters. The molecule has 8 aromatic heterocycles. The third-order valence-corrected chi connectivity index (χ3v) is 27.2. The van der Waals surface area contributed by atoms with Crippen molar-refractivity contribution in [3.05, 3.63) is 105 Å². The Morgan fingerprint density at radius 1 is 0.540 bits per heavy atom. The van der Waals surface area contributed by atoms with Crippen LogP contribution in [0.1, 0.15) is 75.9 Å². The summed E-state index contributed by atoms with van der Waals surface area (Å²) < 4.78 is 128. The number of aryl methyl sites for hydroxylation is 2. The van der Waals surface area contributed by atoms with Crippen LogP contribution in [0.15, 0.2) is 60.1 Å². The Hall–Kier alpha value is -6.50. The molecule has 16 N–H and O–H groups in total. The van der Waals surface area contributed by atoms with Crippen LogP contribution in [0.2, 0.25) is 0 Å². The Morgan fingerprint density at radius 2 is 0.965 bits per heavy atom. The predicted octanol–water partition coefficient (Wildman–Crippen LogP) is -1.82. The molecule has 8 aliphatic rings. The zero-order chi connectivity index (χ0) is 80.5. The third-order valence-electron chi connectivity index (χ3n) is 21.0. The number of nitrogens with one attached hydrogen (secondary N) is 4. The van der Waals surface area contributed by atoms with E-state index < -0.39 is 214 Å². The van der Waals surface area contributed by atoms with Crippen molar-refractivity contribution in [1.82, 2.24) is 77.7 Å². The summed E-state index contributed by atoms with van der Waals surface area (Å²) in [5.41, 5.74) is 13.3. The molecule has 16 rings (SSSR count). The molecule has 113 heavy (non-hydrogen) atoms. The first-order valence-corrected chi connectivity index (χ1v) is 44.7. The van der Waals surface area contributed by atoms with E-state index in [1.54, 1.807) is 13.8 Å². The van der Waals surface area contributed by atoms with E-state index in [9.17, 15) is 48.6 Å². The molecule has 6 bridgehead atoms. The van der Waals surface area contributed by atoms with Crippen LogP contribution in [0.4, 0.5) is 23.7 Å². The number of hydrogen-bond acceptors (Lipinski definition) is 39. The monoisotopic (exact) mass is 1740 g/mol. The summed E-state index contributed by atoms with van der Waals surface area (Å²) in [5, 5.41) is 11.8. The van der Waals surface area contributed by atoms with Gasteiger partial charge in [0.25, 0.3) is 22.2 Å². The maximum atomic E-state index is 15.2. The van der Waals surface area contributed by atoms with Crippen LogP contribution < -0.4 is 56.6 Å². The Balaban J connectivity index is 0.667. The Bertz CT molecular complexity index is 5740. The van der Waals surface area contributed by atoms with Crippen molar-refractivity contribution in [1.29, 1.82) is 0 Å². The molecule has 0 radical (unpaired) electrons. The quantitative estimate of drug-likeness (QED) is 0.0199. The normalized spacial score (nSPS) is 34.6. The minimum Gasteiger partial charge on any atom is -0.387 e. The molecule has 0 amide bonds. The number of fused-ring (bicyclic) bond motifs is 9. The van der Waals surface area contributed by atoms with Crippen LogP contribution in [0, 0.1) is 13.8 Å². The van der Waals surface area contributed by atoms with Gasteiger partial charge in [0.1, 0.15) is 90.0 Å². The summed E-state index contributed by atoms with van der Waals surface area (Å²) in [6.45, 7) is -14.5. The van der Waals surface area contributed by atoms with Crippen LogP contribution in [0.3, 0.4) is 0 Å². The molecule has 8 saturated heterocycles.